The lowest BCUT2D eigenvalue weighted by molar-refractivity contribution is 0.0463. The van der Waals surface area contributed by atoms with Gasteiger partial charge in [-0.2, -0.15) is 0 Å². The zero-order chi connectivity index (χ0) is 13.0. The highest BCUT2D eigenvalue weighted by molar-refractivity contribution is 5.47. The molecule has 0 bridgehead atoms. The fraction of sp³-hybridized carbons (Fsp3) is 0.571. The van der Waals surface area contributed by atoms with E-state index in [4.69, 9.17) is 10.8 Å². The Kier molecular flexibility index (Phi) is 4.58. The Hall–Kier alpha value is -1.10. The second kappa shape index (κ2) is 6.18. The van der Waals surface area contributed by atoms with Gasteiger partial charge < -0.3 is 15.9 Å². The maximum Gasteiger partial charge on any atom is 0.0936 e. The molecule has 4 heteroatoms. The largest absolute Gasteiger partial charge is 0.398 e. The first-order valence-electron chi connectivity index (χ1n) is 6.59. The Labute approximate surface area is 108 Å². The molecule has 18 heavy (non-hydrogen) atoms. The van der Waals surface area contributed by atoms with Crippen molar-refractivity contribution in [3.63, 3.8) is 0 Å². The average molecular weight is 250 g/mol. The number of aliphatic hydroxyl groups is 2. The molecule has 1 aromatic rings. The van der Waals surface area contributed by atoms with Gasteiger partial charge in [0.05, 0.1) is 12.7 Å². The van der Waals surface area contributed by atoms with Crippen LogP contribution in [0.5, 0.6) is 0 Å². The predicted molar refractivity (Wildman–Crippen MR) is 72.1 cm³/mol. The van der Waals surface area contributed by atoms with Gasteiger partial charge in [0.25, 0.3) is 0 Å². The van der Waals surface area contributed by atoms with Crippen LogP contribution in [0.2, 0.25) is 0 Å². The van der Waals surface area contributed by atoms with Crippen molar-refractivity contribution in [2.24, 2.45) is 0 Å². The van der Waals surface area contributed by atoms with Crippen molar-refractivity contribution in [3.05, 3.63) is 29.8 Å². The summed E-state index contributed by atoms with van der Waals surface area (Å²) >= 11 is 0. The molecule has 0 aliphatic heterocycles. The summed E-state index contributed by atoms with van der Waals surface area (Å²) < 4.78 is 0. The molecular weight excluding hydrogens is 228 g/mol. The number of nitrogens with zero attached hydrogens (tertiary/aromatic N) is 1. The summed E-state index contributed by atoms with van der Waals surface area (Å²) in [6.07, 6.45) is 2.99. The van der Waals surface area contributed by atoms with Crippen molar-refractivity contribution in [1.29, 1.82) is 0 Å². The van der Waals surface area contributed by atoms with Crippen molar-refractivity contribution in [2.45, 2.75) is 31.4 Å². The molecule has 4 N–H and O–H groups in total. The van der Waals surface area contributed by atoms with Gasteiger partial charge in [0, 0.05) is 30.4 Å². The van der Waals surface area contributed by atoms with Gasteiger partial charge in [0.15, 0.2) is 0 Å². The maximum atomic E-state index is 10.3. The molecule has 1 aliphatic carbocycles. The molecule has 0 spiro atoms. The Balaban J connectivity index is 1.99. The van der Waals surface area contributed by atoms with Crippen LogP contribution in [-0.4, -0.2) is 40.9 Å². The number of nitrogens with two attached hydrogens (primary N) is 1. The highest BCUT2D eigenvalue weighted by Crippen LogP contribution is 2.27. The number of nitrogen functional groups attached to an aromatic ring is 1. The summed E-state index contributed by atoms with van der Waals surface area (Å²) in [6, 6.07) is 7.92. The van der Waals surface area contributed by atoms with E-state index < -0.39 is 6.10 Å². The van der Waals surface area contributed by atoms with E-state index in [1.807, 2.05) is 18.2 Å². The standard InChI is InChI=1S/C14H22N2O2/c15-13-7-2-1-6-12(13)14(18)10-16(8-9-17)11-4-3-5-11/h1-2,6-7,11,14,17-18H,3-5,8-10,15H2. The summed E-state index contributed by atoms with van der Waals surface area (Å²) in [5, 5.41) is 19.4. The van der Waals surface area contributed by atoms with E-state index in [0.29, 0.717) is 24.8 Å². The second-order valence-corrected chi connectivity index (χ2v) is 4.95. The number of hydrogen-bond donors (Lipinski definition) is 3. The highest BCUT2D eigenvalue weighted by atomic mass is 16.3. The van der Waals surface area contributed by atoms with E-state index in [0.717, 1.165) is 18.4 Å². The summed E-state index contributed by atoms with van der Waals surface area (Å²) in [6.45, 7) is 1.29. The second-order valence-electron chi connectivity index (χ2n) is 4.95. The molecule has 1 aliphatic rings. The van der Waals surface area contributed by atoms with E-state index in [-0.39, 0.29) is 6.61 Å². The molecule has 0 amide bonds. The Morgan fingerprint density at radius 1 is 1.33 bits per heavy atom. The zero-order valence-electron chi connectivity index (χ0n) is 10.6. The molecule has 4 nitrogen and oxygen atoms in total. The van der Waals surface area contributed by atoms with Crippen LogP contribution in [0.15, 0.2) is 24.3 Å². The van der Waals surface area contributed by atoms with E-state index in [1.54, 1.807) is 6.07 Å². The van der Waals surface area contributed by atoms with Gasteiger partial charge in [-0.15, -0.1) is 0 Å². The quantitative estimate of drug-likeness (QED) is 0.662. The molecule has 0 heterocycles. The third kappa shape index (κ3) is 3.02. The molecule has 1 saturated carbocycles. The first-order valence-corrected chi connectivity index (χ1v) is 6.59. The normalized spacial score (nSPS) is 17.7. The number of rotatable bonds is 6. The van der Waals surface area contributed by atoms with Crippen LogP contribution in [0, 0.1) is 0 Å². The van der Waals surface area contributed by atoms with Gasteiger partial charge in [0.1, 0.15) is 0 Å². The zero-order valence-corrected chi connectivity index (χ0v) is 10.6. The van der Waals surface area contributed by atoms with E-state index >= 15 is 0 Å². The van der Waals surface area contributed by atoms with E-state index in [2.05, 4.69) is 4.90 Å². The minimum atomic E-state index is -0.585. The first kappa shape index (κ1) is 13.3. The van der Waals surface area contributed by atoms with Crippen LogP contribution in [-0.2, 0) is 0 Å². The molecule has 0 saturated heterocycles. The van der Waals surface area contributed by atoms with Gasteiger partial charge in [-0.1, -0.05) is 24.6 Å². The fourth-order valence-corrected chi connectivity index (χ4v) is 2.44. The molecule has 0 radical (unpaired) electrons. The van der Waals surface area contributed by atoms with Gasteiger partial charge in [-0.05, 0) is 18.9 Å². The van der Waals surface area contributed by atoms with Gasteiger partial charge in [-0.25, -0.2) is 0 Å². The molecule has 1 aromatic carbocycles. The van der Waals surface area contributed by atoms with Crippen LogP contribution < -0.4 is 5.73 Å². The SMILES string of the molecule is Nc1ccccc1C(O)CN(CCO)C1CCC1. The number of para-hydroxylation sites is 1. The van der Waals surface area contributed by atoms with Crippen LogP contribution in [0.3, 0.4) is 0 Å². The maximum absolute atomic E-state index is 10.3. The Morgan fingerprint density at radius 2 is 2.06 bits per heavy atom. The predicted octanol–water partition coefficient (Wildman–Crippen LogP) is 1.15. The Bertz CT molecular complexity index is 380. The molecule has 1 unspecified atom stereocenters. The summed E-state index contributed by atoms with van der Waals surface area (Å²) in [5.74, 6) is 0. The summed E-state index contributed by atoms with van der Waals surface area (Å²) in [5.41, 5.74) is 7.27. The number of benzene rings is 1. The monoisotopic (exact) mass is 250 g/mol. The lowest BCUT2D eigenvalue weighted by Crippen LogP contribution is -2.43. The minimum Gasteiger partial charge on any atom is -0.398 e. The van der Waals surface area contributed by atoms with Crippen molar-refractivity contribution in [1.82, 2.24) is 4.90 Å². The average Bonchev–Trinajstić information content (AvgIpc) is 2.27. The van der Waals surface area contributed by atoms with Gasteiger partial charge >= 0.3 is 0 Å². The number of aliphatic hydroxyl groups excluding tert-OH is 2. The lowest BCUT2D eigenvalue weighted by atomic mass is 9.91. The van der Waals surface area contributed by atoms with Crippen LogP contribution >= 0.6 is 0 Å². The van der Waals surface area contributed by atoms with Crippen molar-refractivity contribution >= 4 is 5.69 Å². The molecule has 0 aromatic heterocycles. The van der Waals surface area contributed by atoms with Crippen molar-refractivity contribution in [2.75, 3.05) is 25.4 Å². The molecule has 100 valence electrons. The van der Waals surface area contributed by atoms with Gasteiger partial charge in [0.2, 0.25) is 0 Å². The molecule has 1 fully saturated rings. The van der Waals surface area contributed by atoms with Crippen LogP contribution in [0.4, 0.5) is 5.69 Å². The number of hydrogen-bond acceptors (Lipinski definition) is 4. The Morgan fingerprint density at radius 3 is 2.61 bits per heavy atom. The van der Waals surface area contributed by atoms with Crippen molar-refractivity contribution < 1.29 is 10.2 Å². The minimum absolute atomic E-state index is 0.132. The van der Waals surface area contributed by atoms with E-state index in [9.17, 15) is 5.11 Å². The van der Waals surface area contributed by atoms with Gasteiger partial charge in [-0.3, -0.25) is 4.90 Å². The van der Waals surface area contributed by atoms with Crippen LogP contribution in [0.25, 0.3) is 0 Å². The van der Waals surface area contributed by atoms with Crippen LogP contribution in [0.1, 0.15) is 30.9 Å². The highest BCUT2D eigenvalue weighted by Gasteiger charge is 2.26. The molecule has 2 rings (SSSR count). The number of anilines is 1. The van der Waals surface area contributed by atoms with Crippen molar-refractivity contribution in [3.8, 4) is 0 Å². The summed E-state index contributed by atoms with van der Waals surface area (Å²) in [7, 11) is 0. The third-order valence-electron chi connectivity index (χ3n) is 3.74. The molecular formula is C14H22N2O2. The molecule has 1 atom stereocenters. The first-order chi connectivity index (χ1) is 8.72. The third-order valence-corrected chi connectivity index (χ3v) is 3.74. The van der Waals surface area contributed by atoms with E-state index in [1.165, 1.54) is 6.42 Å². The lowest BCUT2D eigenvalue weighted by Gasteiger charge is -2.38. The fourth-order valence-electron chi connectivity index (χ4n) is 2.44. The smallest absolute Gasteiger partial charge is 0.0936 e. The summed E-state index contributed by atoms with van der Waals surface area (Å²) in [4.78, 5) is 2.17. The topological polar surface area (TPSA) is 69.7 Å².